The summed E-state index contributed by atoms with van der Waals surface area (Å²) in [5.74, 6) is -0.289. The maximum Gasteiger partial charge on any atom is 0.282 e. The highest BCUT2D eigenvalue weighted by atomic mass is 32.1. The lowest BCUT2D eigenvalue weighted by Gasteiger charge is -2.16. The molecule has 3 aromatic heterocycles. The van der Waals surface area contributed by atoms with Gasteiger partial charge in [-0.2, -0.15) is 16.4 Å². The van der Waals surface area contributed by atoms with Crippen LogP contribution in [0.1, 0.15) is 34.4 Å². The summed E-state index contributed by atoms with van der Waals surface area (Å²) in [4.78, 5) is 16.7. The average Bonchev–Trinajstić information content (AvgIpc) is 3.29. The number of rotatable bonds is 7. The van der Waals surface area contributed by atoms with E-state index < -0.39 is 6.43 Å². The zero-order valence-corrected chi connectivity index (χ0v) is 15.0. The van der Waals surface area contributed by atoms with Crippen LogP contribution in [0, 0.1) is 6.92 Å². The minimum Gasteiger partial charge on any atom is -0.345 e. The quantitative estimate of drug-likeness (QED) is 0.677. The number of nitrogens with one attached hydrogen (secondary N) is 1. The SMILES string of the molecule is Cc1cc(C(F)F)nn1CC(=O)NC(Cc1ccsc1)c1nccs1. The van der Waals surface area contributed by atoms with E-state index in [0.29, 0.717) is 12.1 Å². The maximum absolute atomic E-state index is 12.7. The highest BCUT2D eigenvalue weighted by Crippen LogP contribution is 2.22. The Kier molecular flexibility index (Phi) is 5.54. The van der Waals surface area contributed by atoms with Crippen LogP contribution in [0.15, 0.2) is 34.5 Å². The highest BCUT2D eigenvalue weighted by Gasteiger charge is 2.20. The van der Waals surface area contributed by atoms with Crippen molar-refractivity contribution in [1.82, 2.24) is 20.1 Å². The van der Waals surface area contributed by atoms with Gasteiger partial charge in [0.2, 0.25) is 5.91 Å². The summed E-state index contributed by atoms with van der Waals surface area (Å²) in [6, 6.07) is 3.04. The molecular formula is C16H16F2N4OS2. The van der Waals surface area contributed by atoms with E-state index in [2.05, 4.69) is 15.4 Å². The van der Waals surface area contributed by atoms with E-state index in [-0.39, 0.29) is 24.2 Å². The molecule has 0 bridgehead atoms. The number of nitrogens with zero attached hydrogens (tertiary/aromatic N) is 3. The Morgan fingerprint density at radius 1 is 1.40 bits per heavy atom. The second-order valence-corrected chi connectivity index (χ2v) is 7.20. The van der Waals surface area contributed by atoms with Gasteiger partial charge in [-0.05, 0) is 35.4 Å². The summed E-state index contributed by atoms with van der Waals surface area (Å²) in [7, 11) is 0. The summed E-state index contributed by atoms with van der Waals surface area (Å²) in [6.45, 7) is 1.54. The van der Waals surface area contributed by atoms with Gasteiger partial charge in [-0.3, -0.25) is 9.48 Å². The van der Waals surface area contributed by atoms with Crippen LogP contribution in [0.25, 0.3) is 0 Å². The molecule has 1 amide bonds. The molecule has 9 heteroatoms. The molecule has 0 saturated heterocycles. The second kappa shape index (κ2) is 7.83. The van der Waals surface area contributed by atoms with Crippen LogP contribution in [0.3, 0.4) is 0 Å². The Labute approximate surface area is 151 Å². The molecule has 0 aliphatic carbocycles. The van der Waals surface area contributed by atoms with Gasteiger partial charge in [0, 0.05) is 23.7 Å². The van der Waals surface area contributed by atoms with Gasteiger partial charge in [-0.15, -0.1) is 11.3 Å². The van der Waals surface area contributed by atoms with Gasteiger partial charge in [0.25, 0.3) is 6.43 Å². The number of halogens is 2. The number of hydrogen-bond acceptors (Lipinski definition) is 5. The van der Waals surface area contributed by atoms with Gasteiger partial charge in [0.1, 0.15) is 17.2 Å². The fraction of sp³-hybridized carbons (Fsp3) is 0.312. The first-order valence-electron chi connectivity index (χ1n) is 7.55. The predicted octanol–water partition coefficient (Wildman–Crippen LogP) is 3.75. The number of hydrogen-bond donors (Lipinski definition) is 1. The molecule has 3 aromatic rings. The molecule has 0 spiro atoms. The van der Waals surface area contributed by atoms with E-state index in [1.165, 1.54) is 22.1 Å². The van der Waals surface area contributed by atoms with Crippen LogP contribution in [0.4, 0.5) is 8.78 Å². The Morgan fingerprint density at radius 3 is 2.84 bits per heavy atom. The van der Waals surface area contributed by atoms with Gasteiger partial charge in [0.15, 0.2) is 0 Å². The Bertz CT molecular complexity index is 815. The molecule has 3 rings (SSSR count). The fourth-order valence-corrected chi connectivity index (χ4v) is 3.80. The summed E-state index contributed by atoms with van der Waals surface area (Å²) >= 11 is 3.06. The highest BCUT2D eigenvalue weighted by molar-refractivity contribution is 7.09. The van der Waals surface area contributed by atoms with Crippen LogP contribution in [0.2, 0.25) is 0 Å². The zero-order valence-electron chi connectivity index (χ0n) is 13.4. The molecule has 0 aliphatic heterocycles. The molecule has 0 saturated carbocycles. The molecule has 0 radical (unpaired) electrons. The van der Waals surface area contributed by atoms with E-state index in [4.69, 9.17) is 0 Å². The number of alkyl halides is 2. The molecule has 1 N–H and O–H groups in total. The number of aryl methyl sites for hydroxylation is 1. The fourth-order valence-electron chi connectivity index (χ4n) is 2.43. The molecule has 5 nitrogen and oxygen atoms in total. The maximum atomic E-state index is 12.7. The number of thiophene rings is 1. The van der Waals surface area contributed by atoms with E-state index in [1.807, 2.05) is 22.2 Å². The van der Waals surface area contributed by atoms with Crippen LogP contribution < -0.4 is 5.32 Å². The molecule has 25 heavy (non-hydrogen) atoms. The summed E-state index contributed by atoms with van der Waals surface area (Å²) in [5, 5.41) is 13.4. The van der Waals surface area contributed by atoms with Crippen molar-refractivity contribution >= 4 is 28.6 Å². The van der Waals surface area contributed by atoms with Gasteiger partial charge in [-0.1, -0.05) is 0 Å². The number of carbonyl (C=O) groups excluding carboxylic acids is 1. The van der Waals surface area contributed by atoms with Crippen molar-refractivity contribution in [3.8, 4) is 0 Å². The lowest BCUT2D eigenvalue weighted by Crippen LogP contribution is -2.33. The van der Waals surface area contributed by atoms with E-state index in [0.717, 1.165) is 10.6 Å². The molecular weight excluding hydrogens is 366 g/mol. The summed E-state index contributed by atoms with van der Waals surface area (Å²) < 4.78 is 26.7. The largest absolute Gasteiger partial charge is 0.345 e. The van der Waals surface area contributed by atoms with Crippen LogP contribution in [0.5, 0.6) is 0 Å². The Hall–Kier alpha value is -2.13. The van der Waals surface area contributed by atoms with Gasteiger partial charge >= 0.3 is 0 Å². The number of aromatic nitrogens is 3. The lowest BCUT2D eigenvalue weighted by molar-refractivity contribution is -0.122. The number of amides is 1. The Balaban J connectivity index is 1.70. The lowest BCUT2D eigenvalue weighted by atomic mass is 10.1. The molecule has 1 unspecified atom stereocenters. The third kappa shape index (κ3) is 4.49. The molecule has 0 aliphatic rings. The van der Waals surface area contributed by atoms with Crippen molar-refractivity contribution in [3.05, 3.63) is 56.4 Å². The van der Waals surface area contributed by atoms with Crippen LogP contribution in [-0.4, -0.2) is 20.7 Å². The molecule has 1 atom stereocenters. The van der Waals surface area contributed by atoms with Gasteiger partial charge in [0.05, 0.1) is 6.04 Å². The Morgan fingerprint density at radius 2 is 2.24 bits per heavy atom. The zero-order chi connectivity index (χ0) is 17.8. The first-order valence-corrected chi connectivity index (χ1v) is 9.37. The van der Waals surface area contributed by atoms with Crippen molar-refractivity contribution in [1.29, 1.82) is 0 Å². The molecule has 0 fully saturated rings. The third-order valence-corrected chi connectivity index (χ3v) is 5.24. The average molecular weight is 382 g/mol. The molecule has 132 valence electrons. The number of thiazole rings is 1. The first kappa shape index (κ1) is 17.7. The van der Waals surface area contributed by atoms with E-state index in [9.17, 15) is 13.6 Å². The van der Waals surface area contributed by atoms with Crippen molar-refractivity contribution in [3.63, 3.8) is 0 Å². The standard InChI is InChI=1S/C16H16F2N4OS2/c1-10-6-12(15(17)18)21-22(10)8-14(23)20-13(16-19-3-5-25-16)7-11-2-4-24-9-11/h2-6,9,13,15H,7-8H2,1H3,(H,20,23). The molecule has 3 heterocycles. The predicted molar refractivity (Wildman–Crippen MR) is 92.9 cm³/mol. The van der Waals surface area contributed by atoms with Crippen molar-refractivity contribution in [2.24, 2.45) is 0 Å². The third-order valence-electron chi connectivity index (χ3n) is 3.62. The van der Waals surface area contributed by atoms with Crippen molar-refractivity contribution in [2.45, 2.75) is 32.4 Å². The van der Waals surface area contributed by atoms with Crippen LogP contribution in [-0.2, 0) is 17.8 Å². The van der Waals surface area contributed by atoms with E-state index >= 15 is 0 Å². The van der Waals surface area contributed by atoms with Crippen LogP contribution >= 0.6 is 22.7 Å². The summed E-state index contributed by atoms with van der Waals surface area (Å²) in [5.41, 5.74) is 1.31. The summed E-state index contributed by atoms with van der Waals surface area (Å²) in [6.07, 6.45) is -0.327. The minimum absolute atomic E-state index is 0.107. The molecule has 0 aromatic carbocycles. The van der Waals surface area contributed by atoms with Crippen molar-refractivity contribution < 1.29 is 13.6 Å². The van der Waals surface area contributed by atoms with Gasteiger partial charge in [-0.25, -0.2) is 13.8 Å². The minimum atomic E-state index is -2.65. The van der Waals surface area contributed by atoms with Gasteiger partial charge < -0.3 is 5.32 Å². The topological polar surface area (TPSA) is 59.8 Å². The normalized spacial score (nSPS) is 12.5. The van der Waals surface area contributed by atoms with Crippen molar-refractivity contribution in [2.75, 3.05) is 0 Å². The number of carbonyl (C=O) groups is 1. The smallest absolute Gasteiger partial charge is 0.282 e. The monoisotopic (exact) mass is 382 g/mol. The van der Waals surface area contributed by atoms with E-state index in [1.54, 1.807) is 24.5 Å². The first-order chi connectivity index (χ1) is 12.0. The second-order valence-electron chi connectivity index (χ2n) is 5.50.